The number of nitrogens with zero attached hydrogens (tertiary/aromatic N) is 1. The monoisotopic (exact) mass is 334 g/mol. The second kappa shape index (κ2) is 7.00. The average Bonchev–Trinajstić information content (AvgIpc) is 2.74. The van der Waals surface area contributed by atoms with E-state index in [1.807, 2.05) is 0 Å². The zero-order valence-corrected chi connectivity index (χ0v) is 14.0. The first kappa shape index (κ1) is 17.9. The molecule has 1 heterocycles. The van der Waals surface area contributed by atoms with E-state index in [0.29, 0.717) is 17.7 Å². The maximum atomic E-state index is 12.0. The molecule has 1 aromatic carbocycles. The summed E-state index contributed by atoms with van der Waals surface area (Å²) in [4.78, 5) is 36.3. The Morgan fingerprint density at radius 3 is 2.42 bits per heavy atom. The molecule has 0 aliphatic carbocycles. The number of urea groups is 1. The topological polar surface area (TPSA) is 95.9 Å². The Hall–Kier alpha value is -2.41. The number of rotatable bonds is 7. The fraction of sp³-hybridized carbons (Fsp3) is 0.471. The van der Waals surface area contributed by atoms with Gasteiger partial charge in [-0.2, -0.15) is 0 Å². The molecule has 7 nitrogen and oxygen atoms in total. The number of ketones is 1. The summed E-state index contributed by atoms with van der Waals surface area (Å²) in [5, 5.41) is 12.6. The summed E-state index contributed by atoms with van der Waals surface area (Å²) >= 11 is 0. The number of aliphatic hydroxyl groups excluding tert-OH is 1. The predicted molar refractivity (Wildman–Crippen MR) is 86.9 cm³/mol. The van der Waals surface area contributed by atoms with Gasteiger partial charge in [-0.3, -0.25) is 14.5 Å². The van der Waals surface area contributed by atoms with Gasteiger partial charge in [0, 0.05) is 12.0 Å². The Bertz CT molecular complexity index is 639. The van der Waals surface area contributed by atoms with E-state index in [1.165, 1.54) is 0 Å². The molecule has 7 heteroatoms. The number of amides is 3. The summed E-state index contributed by atoms with van der Waals surface area (Å²) in [6, 6.07) is 6.09. The maximum Gasteiger partial charge on any atom is 0.325 e. The Kier molecular flexibility index (Phi) is 5.23. The van der Waals surface area contributed by atoms with Crippen LogP contribution in [0.1, 0.15) is 37.6 Å². The molecule has 1 aliphatic heterocycles. The van der Waals surface area contributed by atoms with E-state index in [-0.39, 0.29) is 24.8 Å². The summed E-state index contributed by atoms with van der Waals surface area (Å²) in [7, 11) is 0. The van der Waals surface area contributed by atoms with Crippen molar-refractivity contribution in [1.82, 2.24) is 10.2 Å². The second-order valence-corrected chi connectivity index (χ2v) is 6.24. The number of Topliss-reactive ketones (excluding diaryl/α,β-unsaturated/α-hetero) is 1. The summed E-state index contributed by atoms with van der Waals surface area (Å²) in [5.74, 6) is 0.163. The number of aliphatic hydroxyl groups is 1. The van der Waals surface area contributed by atoms with E-state index in [1.54, 1.807) is 45.0 Å². The van der Waals surface area contributed by atoms with Crippen LogP contribution in [0, 0.1) is 0 Å². The van der Waals surface area contributed by atoms with Gasteiger partial charge in [0.1, 0.15) is 24.0 Å². The number of nitrogens with one attached hydrogen (secondary N) is 1. The lowest BCUT2D eigenvalue weighted by Crippen LogP contribution is -2.42. The minimum atomic E-state index is -1.01. The molecule has 0 saturated carbocycles. The molecule has 130 valence electrons. The van der Waals surface area contributed by atoms with Gasteiger partial charge in [-0.25, -0.2) is 4.79 Å². The number of imide groups is 1. The molecule has 1 saturated heterocycles. The number of benzene rings is 1. The summed E-state index contributed by atoms with van der Waals surface area (Å²) in [6.07, 6.45) is -0.577. The summed E-state index contributed by atoms with van der Waals surface area (Å²) in [5.41, 5.74) is -0.355. The van der Waals surface area contributed by atoms with Gasteiger partial charge < -0.3 is 15.2 Å². The van der Waals surface area contributed by atoms with Crippen LogP contribution in [0.3, 0.4) is 0 Å². The van der Waals surface area contributed by atoms with Crippen molar-refractivity contribution in [2.45, 2.75) is 38.8 Å². The van der Waals surface area contributed by atoms with E-state index in [9.17, 15) is 19.5 Å². The van der Waals surface area contributed by atoms with Gasteiger partial charge in [-0.05, 0) is 38.1 Å². The number of ether oxygens (including phenoxy) is 1. The van der Waals surface area contributed by atoms with E-state index in [4.69, 9.17) is 4.74 Å². The first-order valence-corrected chi connectivity index (χ1v) is 7.83. The molecule has 2 N–H and O–H groups in total. The molecule has 2 rings (SSSR count). The zero-order valence-electron chi connectivity index (χ0n) is 14.0. The van der Waals surface area contributed by atoms with Gasteiger partial charge in [-0.1, -0.05) is 6.92 Å². The number of hydrogen-bond donors (Lipinski definition) is 2. The number of carbonyl (C=O) groups excluding carboxylic acids is 3. The van der Waals surface area contributed by atoms with Crippen LogP contribution in [-0.2, 0) is 4.79 Å². The van der Waals surface area contributed by atoms with Crippen molar-refractivity contribution in [2.24, 2.45) is 0 Å². The lowest BCUT2D eigenvalue weighted by atomic mass is 10.1. The van der Waals surface area contributed by atoms with Gasteiger partial charge in [0.2, 0.25) is 0 Å². The molecule has 1 fully saturated rings. The SMILES string of the molecule is CCC(=O)c1ccc(OC[C@@H](O)CN2C(=O)NC(C)(C)C2=O)cc1. The molecule has 0 bridgehead atoms. The van der Waals surface area contributed by atoms with E-state index >= 15 is 0 Å². The first-order valence-electron chi connectivity index (χ1n) is 7.83. The van der Waals surface area contributed by atoms with Crippen LogP contribution in [0.25, 0.3) is 0 Å². The molecule has 1 atom stereocenters. The van der Waals surface area contributed by atoms with Crippen molar-refractivity contribution in [2.75, 3.05) is 13.2 Å². The van der Waals surface area contributed by atoms with E-state index in [0.717, 1.165) is 4.90 Å². The van der Waals surface area contributed by atoms with Crippen molar-refractivity contribution in [1.29, 1.82) is 0 Å². The van der Waals surface area contributed by atoms with Crippen LogP contribution in [-0.4, -0.2) is 52.5 Å². The molecule has 0 unspecified atom stereocenters. The Labute approximate surface area is 140 Å². The number of carbonyl (C=O) groups is 3. The Morgan fingerprint density at radius 2 is 1.92 bits per heavy atom. The quantitative estimate of drug-likeness (QED) is 0.580. The standard InChI is InChI=1S/C17H22N2O5/c1-4-14(21)11-5-7-13(8-6-11)24-10-12(20)9-19-15(22)17(2,3)18-16(19)23/h5-8,12,20H,4,9-10H2,1-3H3,(H,18,23)/t12-/m0/s1. The Balaban J connectivity index is 1.87. The lowest BCUT2D eigenvalue weighted by Gasteiger charge is -2.19. The van der Waals surface area contributed by atoms with Gasteiger partial charge in [-0.15, -0.1) is 0 Å². The molecule has 1 aromatic rings. The van der Waals surface area contributed by atoms with E-state index < -0.39 is 17.7 Å². The average molecular weight is 334 g/mol. The van der Waals surface area contributed by atoms with Gasteiger partial charge >= 0.3 is 6.03 Å². The number of hydrogen-bond acceptors (Lipinski definition) is 5. The highest BCUT2D eigenvalue weighted by Gasteiger charge is 2.44. The molecular weight excluding hydrogens is 312 g/mol. The first-order chi connectivity index (χ1) is 11.2. The highest BCUT2D eigenvalue weighted by atomic mass is 16.5. The van der Waals surface area contributed by atoms with Crippen molar-refractivity contribution in [3.05, 3.63) is 29.8 Å². The smallest absolute Gasteiger partial charge is 0.325 e. The van der Waals surface area contributed by atoms with Crippen LogP contribution in [0.5, 0.6) is 5.75 Å². The minimum Gasteiger partial charge on any atom is -0.491 e. The minimum absolute atomic E-state index is 0.0442. The largest absolute Gasteiger partial charge is 0.491 e. The van der Waals surface area contributed by atoms with Crippen molar-refractivity contribution >= 4 is 17.7 Å². The van der Waals surface area contributed by atoms with Gasteiger partial charge in [0.15, 0.2) is 5.78 Å². The van der Waals surface area contributed by atoms with Crippen LogP contribution in [0.15, 0.2) is 24.3 Å². The van der Waals surface area contributed by atoms with Gasteiger partial charge in [0.25, 0.3) is 5.91 Å². The third-order valence-corrected chi connectivity index (χ3v) is 3.78. The third-order valence-electron chi connectivity index (χ3n) is 3.78. The third kappa shape index (κ3) is 3.91. The highest BCUT2D eigenvalue weighted by Crippen LogP contribution is 2.17. The molecule has 3 amide bonds. The molecule has 0 radical (unpaired) electrons. The van der Waals surface area contributed by atoms with E-state index in [2.05, 4.69) is 5.32 Å². The molecular formula is C17H22N2O5. The molecule has 1 aliphatic rings. The van der Waals surface area contributed by atoms with Crippen LogP contribution in [0.2, 0.25) is 0 Å². The number of β-amino-alcohol motifs (C(OH)–C–C–N with tert-alkyl or cyclic N) is 1. The maximum absolute atomic E-state index is 12.0. The van der Waals surface area contributed by atoms with Crippen LogP contribution >= 0.6 is 0 Å². The van der Waals surface area contributed by atoms with Crippen molar-refractivity contribution in [3.63, 3.8) is 0 Å². The van der Waals surface area contributed by atoms with Gasteiger partial charge in [0.05, 0.1) is 6.54 Å². The predicted octanol–water partition coefficient (Wildman–Crippen LogP) is 1.35. The second-order valence-electron chi connectivity index (χ2n) is 6.24. The Morgan fingerprint density at radius 1 is 1.29 bits per heavy atom. The normalized spacial score (nSPS) is 17.6. The molecule has 0 aromatic heterocycles. The van der Waals surface area contributed by atoms with Crippen LogP contribution < -0.4 is 10.1 Å². The molecule has 0 spiro atoms. The summed E-state index contributed by atoms with van der Waals surface area (Å²) in [6.45, 7) is 4.80. The highest BCUT2D eigenvalue weighted by molar-refractivity contribution is 6.06. The van der Waals surface area contributed by atoms with Crippen molar-refractivity contribution < 1.29 is 24.2 Å². The lowest BCUT2D eigenvalue weighted by molar-refractivity contribution is -0.131. The zero-order chi connectivity index (χ0) is 17.9. The van der Waals surface area contributed by atoms with Crippen molar-refractivity contribution in [3.8, 4) is 5.75 Å². The fourth-order valence-electron chi connectivity index (χ4n) is 2.38. The van der Waals surface area contributed by atoms with Crippen LogP contribution in [0.4, 0.5) is 4.79 Å². The molecule has 24 heavy (non-hydrogen) atoms. The fourth-order valence-corrected chi connectivity index (χ4v) is 2.38. The summed E-state index contributed by atoms with van der Waals surface area (Å²) < 4.78 is 5.44.